The quantitative estimate of drug-likeness (QED) is 0.801. The molecule has 124 valence electrons. The Morgan fingerprint density at radius 2 is 1.87 bits per heavy atom. The molecule has 3 rings (SSSR count). The molecule has 1 spiro atoms. The molecule has 0 aliphatic carbocycles. The highest BCUT2D eigenvalue weighted by Crippen LogP contribution is 2.47. The maximum Gasteiger partial charge on any atom is 0.337 e. The molecule has 2 saturated heterocycles. The van der Waals surface area contributed by atoms with Gasteiger partial charge in [0.25, 0.3) is 0 Å². The first-order valence-corrected chi connectivity index (χ1v) is 7.95. The lowest BCUT2D eigenvalue weighted by molar-refractivity contribution is -0.159. The van der Waals surface area contributed by atoms with Crippen molar-refractivity contribution in [2.24, 2.45) is 5.41 Å². The molecule has 1 aromatic carbocycles. The topological polar surface area (TPSA) is 61.8 Å². The molecule has 0 radical (unpaired) electrons. The van der Waals surface area contributed by atoms with Crippen LogP contribution in [0.25, 0.3) is 0 Å². The number of ether oxygens (including phenoxy) is 3. The van der Waals surface area contributed by atoms with Crippen LogP contribution in [-0.4, -0.2) is 37.9 Å². The van der Waals surface area contributed by atoms with Crippen LogP contribution in [0.3, 0.4) is 0 Å². The summed E-state index contributed by atoms with van der Waals surface area (Å²) in [6, 6.07) is 7.21. The van der Waals surface area contributed by atoms with Crippen LogP contribution in [0.2, 0.25) is 0 Å². The van der Waals surface area contributed by atoms with Crippen LogP contribution in [-0.2, 0) is 25.4 Å². The maximum absolute atomic E-state index is 12.5. The fourth-order valence-electron chi connectivity index (χ4n) is 3.62. The van der Waals surface area contributed by atoms with Crippen molar-refractivity contribution in [3.63, 3.8) is 0 Å². The Bertz CT molecular complexity index is 600. The fraction of sp³-hybridized carbons (Fsp3) is 0.556. The smallest absolute Gasteiger partial charge is 0.337 e. The number of methoxy groups -OCH3 is 1. The highest BCUT2D eigenvalue weighted by molar-refractivity contribution is 5.89. The van der Waals surface area contributed by atoms with Gasteiger partial charge in [-0.3, -0.25) is 4.79 Å². The number of benzene rings is 1. The molecule has 0 aromatic heterocycles. The van der Waals surface area contributed by atoms with Gasteiger partial charge in [0.15, 0.2) is 0 Å². The van der Waals surface area contributed by atoms with Crippen LogP contribution >= 0.6 is 0 Å². The van der Waals surface area contributed by atoms with E-state index in [0.717, 1.165) is 24.8 Å². The Morgan fingerprint density at radius 3 is 2.48 bits per heavy atom. The van der Waals surface area contributed by atoms with E-state index in [1.807, 2.05) is 19.1 Å². The number of hydrogen-bond donors (Lipinski definition) is 0. The van der Waals surface area contributed by atoms with Gasteiger partial charge in [0, 0.05) is 19.3 Å². The average molecular weight is 318 g/mol. The van der Waals surface area contributed by atoms with E-state index in [0.29, 0.717) is 25.2 Å². The van der Waals surface area contributed by atoms with E-state index in [-0.39, 0.29) is 17.5 Å². The molecule has 2 fully saturated rings. The van der Waals surface area contributed by atoms with E-state index in [1.165, 1.54) is 7.11 Å². The minimum atomic E-state index is -0.524. The summed E-state index contributed by atoms with van der Waals surface area (Å²) < 4.78 is 15.8. The molecule has 2 aliphatic heterocycles. The predicted molar refractivity (Wildman–Crippen MR) is 83.1 cm³/mol. The summed E-state index contributed by atoms with van der Waals surface area (Å²) in [6.45, 7) is 3.27. The molecular weight excluding hydrogens is 296 g/mol. The van der Waals surface area contributed by atoms with Crippen LogP contribution in [0.4, 0.5) is 0 Å². The molecule has 2 aliphatic rings. The van der Waals surface area contributed by atoms with Crippen LogP contribution in [0.5, 0.6) is 0 Å². The van der Waals surface area contributed by atoms with Gasteiger partial charge in [-0.25, -0.2) is 4.79 Å². The van der Waals surface area contributed by atoms with E-state index in [9.17, 15) is 9.59 Å². The standard InChI is InChI=1S/C18H22O5/c1-17(11-13-3-5-14(6-4-13)15(19)21-2)12-18(23-16(17)20)7-9-22-10-8-18/h3-6H,7-12H2,1-2H3. The molecule has 0 N–H and O–H groups in total. The van der Waals surface area contributed by atoms with Crippen molar-refractivity contribution in [3.8, 4) is 0 Å². The highest BCUT2D eigenvalue weighted by atomic mass is 16.6. The number of esters is 2. The summed E-state index contributed by atoms with van der Waals surface area (Å²) in [7, 11) is 1.36. The molecule has 5 nitrogen and oxygen atoms in total. The first-order chi connectivity index (χ1) is 11.0. The number of hydrogen-bond acceptors (Lipinski definition) is 5. The summed E-state index contributed by atoms with van der Waals surface area (Å²) in [5.74, 6) is -0.486. The Kier molecular flexibility index (Phi) is 4.15. The predicted octanol–water partition coefficient (Wildman–Crippen LogP) is 2.52. The summed E-state index contributed by atoms with van der Waals surface area (Å²) in [5, 5.41) is 0. The third kappa shape index (κ3) is 3.11. The molecule has 0 bridgehead atoms. The zero-order chi connectivity index (χ0) is 16.5. The van der Waals surface area contributed by atoms with Crippen LogP contribution in [0, 0.1) is 5.41 Å². The lowest BCUT2D eigenvalue weighted by atomic mass is 9.75. The van der Waals surface area contributed by atoms with E-state index in [2.05, 4.69) is 0 Å². The highest BCUT2D eigenvalue weighted by Gasteiger charge is 2.54. The third-order valence-electron chi connectivity index (χ3n) is 4.89. The van der Waals surface area contributed by atoms with Crippen molar-refractivity contribution in [3.05, 3.63) is 35.4 Å². The summed E-state index contributed by atoms with van der Waals surface area (Å²) >= 11 is 0. The van der Waals surface area contributed by atoms with Crippen LogP contribution < -0.4 is 0 Å². The van der Waals surface area contributed by atoms with Crippen molar-refractivity contribution in [1.82, 2.24) is 0 Å². The molecule has 0 saturated carbocycles. The number of rotatable bonds is 3. The van der Waals surface area contributed by atoms with Crippen molar-refractivity contribution in [2.45, 2.75) is 38.2 Å². The van der Waals surface area contributed by atoms with Gasteiger partial charge in [-0.2, -0.15) is 0 Å². The summed E-state index contributed by atoms with van der Waals surface area (Å²) in [6.07, 6.45) is 2.88. The number of carbonyl (C=O) groups excluding carboxylic acids is 2. The van der Waals surface area contributed by atoms with Gasteiger partial charge < -0.3 is 14.2 Å². The normalized spacial score (nSPS) is 26.1. The van der Waals surface area contributed by atoms with E-state index in [4.69, 9.17) is 14.2 Å². The largest absolute Gasteiger partial charge is 0.465 e. The second-order valence-corrected chi connectivity index (χ2v) is 6.79. The molecule has 1 aromatic rings. The van der Waals surface area contributed by atoms with Crippen LogP contribution in [0.15, 0.2) is 24.3 Å². The van der Waals surface area contributed by atoms with Gasteiger partial charge in [0.2, 0.25) is 0 Å². The van der Waals surface area contributed by atoms with E-state index >= 15 is 0 Å². The second kappa shape index (κ2) is 5.96. The van der Waals surface area contributed by atoms with Crippen molar-refractivity contribution in [1.29, 1.82) is 0 Å². The monoisotopic (exact) mass is 318 g/mol. The minimum absolute atomic E-state index is 0.128. The van der Waals surface area contributed by atoms with Gasteiger partial charge in [-0.1, -0.05) is 12.1 Å². The average Bonchev–Trinajstić information content (AvgIpc) is 2.78. The SMILES string of the molecule is COC(=O)c1ccc(CC2(C)CC3(CCOCC3)OC2=O)cc1. The Morgan fingerprint density at radius 1 is 1.22 bits per heavy atom. The zero-order valence-electron chi connectivity index (χ0n) is 13.6. The molecule has 1 atom stereocenters. The lowest BCUT2D eigenvalue weighted by Gasteiger charge is -2.32. The molecule has 2 heterocycles. The second-order valence-electron chi connectivity index (χ2n) is 6.79. The first kappa shape index (κ1) is 16.0. The van der Waals surface area contributed by atoms with E-state index in [1.54, 1.807) is 12.1 Å². The van der Waals surface area contributed by atoms with Gasteiger partial charge >= 0.3 is 11.9 Å². The third-order valence-corrected chi connectivity index (χ3v) is 4.89. The van der Waals surface area contributed by atoms with Crippen molar-refractivity contribution >= 4 is 11.9 Å². The molecular formula is C18H22O5. The molecule has 5 heteroatoms. The zero-order valence-corrected chi connectivity index (χ0v) is 13.6. The Balaban J connectivity index is 1.73. The molecule has 0 amide bonds. The Labute approximate surface area is 135 Å². The van der Waals surface area contributed by atoms with Gasteiger partial charge in [-0.05, 0) is 31.0 Å². The maximum atomic E-state index is 12.5. The summed E-state index contributed by atoms with van der Waals surface area (Å²) in [4.78, 5) is 23.9. The number of carbonyl (C=O) groups is 2. The van der Waals surface area contributed by atoms with Gasteiger partial charge in [0.1, 0.15) is 5.60 Å². The van der Waals surface area contributed by atoms with Crippen molar-refractivity contribution < 1.29 is 23.8 Å². The van der Waals surface area contributed by atoms with Gasteiger partial charge in [0.05, 0.1) is 31.3 Å². The van der Waals surface area contributed by atoms with Gasteiger partial charge in [-0.15, -0.1) is 0 Å². The summed E-state index contributed by atoms with van der Waals surface area (Å²) in [5.41, 5.74) is 0.651. The van der Waals surface area contributed by atoms with E-state index < -0.39 is 5.41 Å². The first-order valence-electron chi connectivity index (χ1n) is 7.95. The fourth-order valence-corrected chi connectivity index (χ4v) is 3.62. The van der Waals surface area contributed by atoms with Crippen LogP contribution in [0.1, 0.15) is 42.1 Å². The molecule has 23 heavy (non-hydrogen) atoms. The minimum Gasteiger partial charge on any atom is -0.465 e. The molecule has 1 unspecified atom stereocenters. The lowest BCUT2D eigenvalue weighted by Crippen LogP contribution is -2.36. The Hall–Kier alpha value is -1.88. The van der Waals surface area contributed by atoms with Crippen molar-refractivity contribution in [2.75, 3.05) is 20.3 Å².